The molecule has 0 spiro atoms. The summed E-state index contributed by atoms with van der Waals surface area (Å²) >= 11 is 11.9. The van der Waals surface area contributed by atoms with Gasteiger partial charge in [-0.2, -0.15) is 5.10 Å². The number of halogens is 2. The first-order chi connectivity index (χ1) is 8.04. The van der Waals surface area contributed by atoms with Crippen molar-refractivity contribution in [1.29, 1.82) is 0 Å². The Morgan fingerprint density at radius 3 is 2.35 bits per heavy atom. The van der Waals surface area contributed by atoms with Crippen LogP contribution < -0.4 is 5.32 Å². The van der Waals surface area contributed by atoms with E-state index < -0.39 is 0 Å². The Morgan fingerprint density at radius 1 is 1.18 bits per heavy atom. The minimum Gasteiger partial charge on any atom is -0.365 e. The molecule has 0 unspecified atom stereocenters. The fourth-order valence-electron chi connectivity index (χ4n) is 1.55. The zero-order chi connectivity index (χ0) is 12.4. The highest BCUT2D eigenvalue weighted by Crippen LogP contribution is 2.19. The van der Waals surface area contributed by atoms with Crippen molar-refractivity contribution >= 4 is 29.0 Å². The van der Waals surface area contributed by atoms with Crippen molar-refractivity contribution in [2.45, 2.75) is 13.5 Å². The Morgan fingerprint density at radius 2 is 1.82 bits per heavy atom. The summed E-state index contributed by atoms with van der Waals surface area (Å²) in [4.78, 5) is 0. The average molecular weight is 270 g/mol. The van der Waals surface area contributed by atoms with Crippen LogP contribution in [0.4, 0.5) is 5.82 Å². The van der Waals surface area contributed by atoms with Crippen LogP contribution in [0.15, 0.2) is 24.3 Å². The zero-order valence-electron chi connectivity index (χ0n) is 9.67. The van der Waals surface area contributed by atoms with Crippen LogP contribution in [0.1, 0.15) is 11.3 Å². The molecule has 2 rings (SSSR count). The predicted octanol–water partition coefficient (Wildman–Crippen LogP) is 3.65. The zero-order valence-corrected chi connectivity index (χ0v) is 11.2. The number of aryl methyl sites for hydroxylation is 2. The number of nitrogens with one attached hydrogen (secondary N) is 1. The summed E-state index contributed by atoms with van der Waals surface area (Å²) in [7, 11) is 1.91. The molecule has 0 radical (unpaired) electrons. The SMILES string of the molecule is Cc1cc(NCc2cc(Cl)cc(Cl)c2)nn1C. The highest BCUT2D eigenvalue weighted by molar-refractivity contribution is 6.34. The van der Waals surface area contributed by atoms with Crippen molar-refractivity contribution in [2.75, 3.05) is 5.32 Å². The van der Waals surface area contributed by atoms with E-state index in [1.54, 1.807) is 6.07 Å². The van der Waals surface area contributed by atoms with Crippen molar-refractivity contribution < 1.29 is 0 Å². The second kappa shape index (κ2) is 4.98. The van der Waals surface area contributed by atoms with Crippen LogP contribution in [0.5, 0.6) is 0 Å². The maximum atomic E-state index is 5.93. The highest BCUT2D eigenvalue weighted by Gasteiger charge is 2.02. The lowest BCUT2D eigenvalue weighted by Crippen LogP contribution is -2.01. The Bertz CT molecular complexity index is 495. The van der Waals surface area contributed by atoms with Crippen molar-refractivity contribution in [3.8, 4) is 0 Å². The van der Waals surface area contributed by atoms with Gasteiger partial charge in [0.2, 0.25) is 0 Å². The summed E-state index contributed by atoms with van der Waals surface area (Å²) in [5.41, 5.74) is 2.14. The summed E-state index contributed by atoms with van der Waals surface area (Å²) in [5.74, 6) is 0.848. The van der Waals surface area contributed by atoms with E-state index in [0.717, 1.165) is 17.1 Å². The van der Waals surface area contributed by atoms with Gasteiger partial charge in [-0.25, -0.2) is 0 Å². The lowest BCUT2D eigenvalue weighted by molar-refractivity contribution is 0.741. The Hall–Kier alpha value is -1.19. The number of rotatable bonds is 3. The van der Waals surface area contributed by atoms with E-state index in [2.05, 4.69) is 10.4 Å². The van der Waals surface area contributed by atoms with Crippen LogP contribution >= 0.6 is 23.2 Å². The molecule has 3 nitrogen and oxygen atoms in total. The van der Waals surface area contributed by atoms with Crippen LogP contribution in [0, 0.1) is 6.92 Å². The third kappa shape index (κ3) is 3.14. The molecular weight excluding hydrogens is 257 g/mol. The maximum Gasteiger partial charge on any atom is 0.148 e. The molecule has 0 fully saturated rings. The molecule has 2 aromatic rings. The van der Waals surface area contributed by atoms with Crippen molar-refractivity contribution in [3.63, 3.8) is 0 Å². The van der Waals surface area contributed by atoms with E-state index in [1.807, 2.05) is 36.9 Å². The van der Waals surface area contributed by atoms with E-state index in [-0.39, 0.29) is 0 Å². The standard InChI is InChI=1S/C12H13Cl2N3/c1-8-3-12(16-17(8)2)15-7-9-4-10(13)6-11(14)5-9/h3-6H,7H2,1-2H3,(H,15,16). The van der Waals surface area contributed by atoms with Gasteiger partial charge >= 0.3 is 0 Å². The second-order valence-electron chi connectivity index (χ2n) is 3.93. The van der Waals surface area contributed by atoms with Crippen LogP contribution in [-0.2, 0) is 13.6 Å². The Kier molecular flexibility index (Phi) is 3.60. The maximum absolute atomic E-state index is 5.93. The third-order valence-corrected chi connectivity index (χ3v) is 2.95. The minimum absolute atomic E-state index is 0.645. The molecule has 5 heteroatoms. The number of hydrogen-bond donors (Lipinski definition) is 1. The van der Waals surface area contributed by atoms with Crippen LogP contribution in [0.25, 0.3) is 0 Å². The molecule has 0 saturated heterocycles. The monoisotopic (exact) mass is 269 g/mol. The Labute approximate surface area is 110 Å². The van der Waals surface area contributed by atoms with Gasteiger partial charge in [-0.15, -0.1) is 0 Å². The van der Waals surface area contributed by atoms with E-state index >= 15 is 0 Å². The molecule has 1 N–H and O–H groups in total. The largest absolute Gasteiger partial charge is 0.365 e. The number of nitrogens with zero attached hydrogens (tertiary/aromatic N) is 2. The van der Waals surface area contributed by atoms with Gasteiger partial charge in [0.15, 0.2) is 0 Å². The molecule has 1 heterocycles. The summed E-state index contributed by atoms with van der Waals surface area (Å²) in [5, 5.41) is 8.83. The number of aromatic nitrogens is 2. The van der Waals surface area contributed by atoms with Gasteiger partial charge in [-0.05, 0) is 30.7 Å². The van der Waals surface area contributed by atoms with E-state index in [4.69, 9.17) is 23.2 Å². The van der Waals surface area contributed by atoms with Gasteiger partial charge in [-0.3, -0.25) is 4.68 Å². The molecule has 1 aromatic carbocycles. The second-order valence-corrected chi connectivity index (χ2v) is 4.80. The lowest BCUT2D eigenvalue weighted by Gasteiger charge is -2.04. The van der Waals surface area contributed by atoms with Crippen molar-refractivity contribution in [1.82, 2.24) is 9.78 Å². The van der Waals surface area contributed by atoms with Gasteiger partial charge in [0.05, 0.1) is 0 Å². The number of benzene rings is 1. The van der Waals surface area contributed by atoms with Crippen LogP contribution in [-0.4, -0.2) is 9.78 Å². The minimum atomic E-state index is 0.645. The molecule has 0 amide bonds. The quantitative estimate of drug-likeness (QED) is 0.922. The highest BCUT2D eigenvalue weighted by atomic mass is 35.5. The van der Waals surface area contributed by atoms with E-state index in [0.29, 0.717) is 16.6 Å². The van der Waals surface area contributed by atoms with Gasteiger partial charge < -0.3 is 5.32 Å². The summed E-state index contributed by atoms with van der Waals surface area (Å²) in [6.45, 7) is 2.66. The van der Waals surface area contributed by atoms with Gasteiger partial charge in [0.25, 0.3) is 0 Å². The van der Waals surface area contributed by atoms with E-state index in [9.17, 15) is 0 Å². The molecule has 0 bridgehead atoms. The molecule has 17 heavy (non-hydrogen) atoms. The fraction of sp³-hybridized carbons (Fsp3) is 0.250. The van der Waals surface area contributed by atoms with Gasteiger partial charge in [0, 0.05) is 35.4 Å². The molecule has 0 aliphatic heterocycles. The molecular formula is C12H13Cl2N3. The summed E-state index contributed by atoms with van der Waals surface area (Å²) < 4.78 is 1.83. The van der Waals surface area contributed by atoms with Crippen molar-refractivity contribution in [3.05, 3.63) is 45.6 Å². The van der Waals surface area contributed by atoms with Crippen LogP contribution in [0.3, 0.4) is 0 Å². The molecule has 0 atom stereocenters. The first kappa shape index (κ1) is 12.3. The van der Waals surface area contributed by atoms with Crippen LogP contribution in [0.2, 0.25) is 10.0 Å². The topological polar surface area (TPSA) is 29.9 Å². The summed E-state index contributed by atoms with van der Waals surface area (Å²) in [6.07, 6.45) is 0. The molecule has 0 saturated carbocycles. The number of anilines is 1. The smallest absolute Gasteiger partial charge is 0.148 e. The number of hydrogen-bond acceptors (Lipinski definition) is 2. The molecule has 90 valence electrons. The normalized spacial score (nSPS) is 10.6. The Balaban J connectivity index is 2.07. The fourth-order valence-corrected chi connectivity index (χ4v) is 2.12. The average Bonchev–Trinajstić information content (AvgIpc) is 2.54. The molecule has 1 aromatic heterocycles. The molecule has 0 aliphatic rings. The third-order valence-electron chi connectivity index (χ3n) is 2.51. The van der Waals surface area contributed by atoms with Gasteiger partial charge in [-0.1, -0.05) is 23.2 Å². The molecule has 0 aliphatic carbocycles. The summed E-state index contributed by atoms with van der Waals surface area (Å²) in [6, 6.07) is 7.48. The van der Waals surface area contributed by atoms with Gasteiger partial charge in [0.1, 0.15) is 5.82 Å². The predicted molar refractivity (Wildman–Crippen MR) is 71.7 cm³/mol. The first-order valence-electron chi connectivity index (χ1n) is 5.24. The lowest BCUT2D eigenvalue weighted by atomic mass is 10.2. The van der Waals surface area contributed by atoms with Crippen molar-refractivity contribution in [2.24, 2.45) is 7.05 Å². The van der Waals surface area contributed by atoms with E-state index in [1.165, 1.54) is 0 Å². The first-order valence-corrected chi connectivity index (χ1v) is 5.99.